The van der Waals surface area contributed by atoms with Gasteiger partial charge in [-0.05, 0) is 30.3 Å². The third-order valence-corrected chi connectivity index (χ3v) is 3.56. The molecule has 0 heterocycles. The first-order valence-corrected chi connectivity index (χ1v) is 7.37. The molecular formula is C18H24N2O. The van der Waals surface area contributed by atoms with Gasteiger partial charge in [-0.2, -0.15) is 0 Å². The topological polar surface area (TPSA) is 24.5 Å². The van der Waals surface area contributed by atoms with Gasteiger partial charge in [-0.1, -0.05) is 37.3 Å². The number of anilines is 1. The number of ether oxygens (including phenoxy) is 1. The van der Waals surface area contributed by atoms with Crippen LogP contribution in [0.25, 0.3) is 0 Å². The van der Waals surface area contributed by atoms with Crippen molar-refractivity contribution >= 4 is 5.69 Å². The molecule has 0 atom stereocenters. The van der Waals surface area contributed by atoms with Crippen molar-refractivity contribution in [2.45, 2.75) is 20.0 Å². The summed E-state index contributed by atoms with van der Waals surface area (Å²) in [4.78, 5) is 2.23. The van der Waals surface area contributed by atoms with Crippen LogP contribution in [0.1, 0.15) is 18.1 Å². The maximum absolute atomic E-state index is 5.41. The molecule has 0 saturated carbocycles. The molecule has 0 bridgehead atoms. The molecule has 2 rings (SSSR count). The summed E-state index contributed by atoms with van der Waals surface area (Å²) >= 11 is 0. The summed E-state index contributed by atoms with van der Waals surface area (Å²) in [7, 11) is 3.82. The van der Waals surface area contributed by atoms with E-state index in [1.165, 1.54) is 16.8 Å². The van der Waals surface area contributed by atoms with E-state index in [1.54, 1.807) is 7.11 Å². The smallest absolute Gasteiger partial charge is 0.123 e. The number of nitrogens with one attached hydrogen (secondary N) is 1. The van der Waals surface area contributed by atoms with Crippen LogP contribution in [0.5, 0.6) is 5.75 Å². The number of para-hydroxylation sites is 1. The van der Waals surface area contributed by atoms with E-state index >= 15 is 0 Å². The standard InChI is InChI=1S/C18H24N2O/c1-4-19-13-15-9-11-17(12-10-15)20(2)14-16-7-5-6-8-18(16)21-3/h5-12,19H,4,13-14H2,1-3H3. The minimum atomic E-state index is 0.830. The largest absolute Gasteiger partial charge is 0.496 e. The summed E-state index contributed by atoms with van der Waals surface area (Å²) < 4.78 is 5.41. The average molecular weight is 284 g/mol. The molecular weight excluding hydrogens is 260 g/mol. The van der Waals surface area contributed by atoms with E-state index in [1.807, 2.05) is 18.2 Å². The van der Waals surface area contributed by atoms with E-state index in [2.05, 4.69) is 54.5 Å². The number of nitrogens with zero attached hydrogens (tertiary/aromatic N) is 1. The fourth-order valence-electron chi connectivity index (χ4n) is 2.32. The molecule has 0 aliphatic rings. The average Bonchev–Trinajstić information content (AvgIpc) is 2.54. The molecule has 0 aliphatic heterocycles. The fourth-order valence-corrected chi connectivity index (χ4v) is 2.32. The SMILES string of the molecule is CCNCc1ccc(N(C)Cc2ccccc2OC)cc1. The Morgan fingerprint density at radius 3 is 2.43 bits per heavy atom. The molecule has 3 nitrogen and oxygen atoms in total. The van der Waals surface area contributed by atoms with Gasteiger partial charge in [-0.15, -0.1) is 0 Å². The zero-order chi connectivity index (χ0) is 15.1. The van der Waals surface area contributed by atoms with E-state index in [-0.39, 0.29) is 0 Å². The Morgan fingerprint density at radius 1 is 1.05 bits per heavy atom. The molecule has 0 radical (unpaired) electrons. The summed E-state index contributed by atoms with van der Waals surface area (Å²) in [5.74, 6) is 0.938. The lowest BCUT2D eigenvalue weighted by molar-refractivity contribution is 0.409. The molecule has 2 aromatic carbocycles. The summed E-state index contributed by atoms with van der Waals surface area (Å²) in [5, 5.41) is 3.34. The number of hydrogen-bond donors (Lipinski definition) is 1. The van der Waals surface area contributed by atoms with Crippen molar-refractivity contribution in [1.29, 1.82) is 0 Å². The van der Waals surface area contributed by atoms with Gasteiger partial charge in [0, 0.05) is 31.4 Å². The Hall–Kier alpha value is -2.00. The number of methoxy groups -OCH3 is 1. The van der Waals surface area contributed by atoms with Gasteiger partial charge >= 0.3 is 0 Å². The molecule has 0 saturated heterocycles. The molecule has 2 aromatic rings. The molecule has 0 spiro atoms. The molecule has 1 N–H and O–H groups in total. The van der Waals surface area contributed by atoms with E-state index in [0.29, 0.717) is 0 Å². The quantitative estimate of drug-likeness (QED) is 0.843. The lowest BCUT2D eigenvalue weighted by Crippen LogP contribution is -2.17. The summed E-state index contributed by atoms with van der Waals surface area (Å²) in [6.07, 6.45) is 0. The molecule has 21 heavy (non-hydrogen) atoms. The molecule has 0 aromatic heterocycles. The van der Waals surface area contributed by atoms with Crippen LogP contribution in [0.3, 0.4) is 0 Å². The van der Waals surface area contributed by atoms with E-state index in [9.17, 15) is 0 Å². The van der Waals surface area contributed by atoms with Crippen molar-refractivity contribution in [3.8, 4) is 5.75 Å². The maximum atomic E-state index is 5.41. The van der Waals surface area contributed by atoms with E-state index < -0.39 is 0 Å². The van der Waals surface area contributed by atoms with Gasteiger partial charge in [0.15, 0.2) is 0 Å². The molecule has 0 unspecified atom stereocenters. The molecule has 0 fully saturated rings. The van der Waals surface area contributed by atoms with Crippen LogP contribution in [0.15, 0.2) is 48.5 Å². The normalized spacial score (nSPS) is 10.4. The molecule has 112 valence electrons. The predicted octanol–water partition coefficient (Wildman–Crippen LogP) is 3.44. The van der Waals surface area contributed by atoms with Gasteiger partial charge in [-0.25, -0.2) is 0 Å². The Labute approximate surface area is 127 Å². The monoisotopic (exact) mass is 284 g/mol. The Morgan fingerprint density at radius 2 is 1.76 bits per heavy atom. The van der Waals surface area contributed by atoms with Gasteiger partial charge in [0.05, 0.1) is 7.11 Å². The van der Waals surface area contributed by atoms with Crippen molar-refractivity contribution in [3.63, 3.8) is 0 Å². The zero-order valence-corrected chi connectivity index (χ0v) is 13.1. The lowest BCUT2D eigenvalue weighted by Gasteiger charge is -2.21. The summed E-state index contributed by atoms with van der Waals surface area (Å²) in [6, 6.07) is 16.8. The van der Waals surface area contributed by atoms with Crippen molar-refractivity contribution in [2.75, 3.05) is 25.6 Å². The van der Waals surface area contributed by atoms with Crippen molar-refractivity contribution < 1.29 is 4.74 Å². The van der Waals surface area contributed by atoms with Gasteiger partial charge in [-0.3, -0.25) is 0 Å². The lowest BCUT2D eigenvalue weighted by atomic mass is 10.1. The molecule has 3 heteroatoms. The van der Waals surface area contributed by atoms with Crippen LogP contribution in [0.2, 0.25) is 0 Å². The van der Waals surface area contributed by atoms with Gasteiger partial charge in [0.1, 0.15) is 5.75 Å². The molecule has 0 amide bonds. The highest BCUT2D eigenvalue weighted by atomic mass is 16.5. The van der Waals surface area contributed by atoms with Crippen molar-refractivity contribution in [3.05, 3.63) is 59.7 Å². The fraction of sp³-hybridized carbons (Fsp3) is 0.333. The van der Waals surface area contributed by atoms with Crippen LogP contribution in [0, 0.1) is 0 Å². The summed E-state index contributed by atoms with van der Waals surface area (Å²) in [5.41, 5.74) is 3.71. The van der Waals surface area contributed by atoms with Crippen LogP contribution in [0.4, 0.5) is 5.69 Å². The predicted molar refractivity (Wildman–Crippen MR) is 88.9 cm³/mol. The van der Waals surface area contributed by atoms with Gasteiger partial charge in [0.2, 0.25) is 0 Å². The second-order valence-electron chi connectivity index (χ2n) is 5.11. The Balaban J connectivity index is 2.04. The highest BCUT2D eigenvalue weighted by Gasteiger charge is 2.06. The zero-order valence-electron chi connectivity index (χ0n) is 13.1. The first kappa shape index (κ1) is 15.4. The first-order chi connectivity index (χ1) is 10.2. The molecule has 0 aliphatic carbocycles. The van der Waals surface area contributed by atoms with Crippen LogP contribution >= 0.6 is 0 Å². The number of rotatable bonds is 7. The van der Waals surface area contributed by atoms with Gasteiger partial charge < -0.3 is 15.0 Å². The van der Waals surface area contributed by atoms with Crippen LogP contribution in [-0.4, -0.2) is 20.7 Å². The summed E-state index contributed by atoms with van der Waals surface area (Å²) in [6.45, 7) is 4.87. The second-order valence-corrected chi connectivity index (χ2v) is 5.11. The number of hydrogen-bond acceptors (Lipinski definition) is 3. The highest BCUT2D eigenvalue weighted by Crippen LogP contribution is 2.22. The van der Waals surface area contributed by atoms with Crippen LogP contribution < -0.4 is 15.0 Å². The van der Waals surface area contributed by atoms with Crippen LogP contribution in [-0.2, 0) is 13.1 Å². The third kappa shape index (κ3) is 4.23. The van der Waals surface area contributed by atoms with Crippen molar-refractivity contribution in [1.82, 2.24) is 5.32 Å². The second kappa shape index (κ2) is 7.70. The maximum Gasteiger partial charge on any atom is 0.123 e. The van der Waals surface area contributed by atoms with Crippen molar-refractivity contribution in [2.24, 2.45) is 0 Å². The van der Waals surface area contributed by atoms with E-state index in [4.69, 9.17) is 4.74 Å². The van der Waals surface area contributed by atoms with Gasteiger partial charge in [0.25, 0.3) is 0 Å². The Bertz CT molecular complexity index is 551. The Kier molecular flexibility index (Phi) is 5.64. The number of benzene rings is 2. The first-order valence-electron chi connectivity index (χ1n) is 7.37. The highest BCUT2D eigenvalue weighted by molar-refractivity contribution is 5.48. The minimum Gasteiger partial charge on any atom is -0.496 e. The minimum absolute atomic E-state index is 0.830. The van der Waals surface area contributed by atoms with E-state index in [0.717, 1.165) is 25.4 Å². The third-order valence-electron chi connectivity index (χ3n) is 3.56.